The first-order valence-corrected chi connectivity index (χ1v) is 9.06. The Hall–Kier alpha value is -1.79. The first-order chi connectivity index (χ1) is 11.0. The van der Waals surface area contributed by atoms with Crippen molar-refractivity contribution in [2.75, 3.05) is 12.3 Å². The average molecular weight is 349 g/mol. The second-order valence-corrected chi connectivity index (χ2v) is 7.47. The van der Waals surface area contributed by atoms with Gasteiger partial charge in [-0.15, -0.1) is 23.5 Å². The molecule has 0 bridgehead atoms. The van der Waals surface area contributed by atoms with Gasteiger partial charge in [-0.3, -0.25) is 4.79 Å². The van der Waals surface area contributed by atoms with E-state index in [1.807, 2.05) is 19.1 Å². The summed E-state index contributed by atoms with van der Waals surface area (Å²) in [6.07, 6.45) is 0. The fraction of sp³-hybridized carbons (Fsp3) is 0.235. The van der Waals surface area contributed by atoms with Crippen molar-refractivity contribution < 1.29 is 15.0 Å². The van der Waals surface area contributed by atoms with Gasteiger partial charge in [0.25, 0.3) is 0 Å². The first kappa shape index (κ1) is 17.6. The number of hydrogen-bond donors (Lipinski definition) is 3. The third kappa shape index (κ3) is 6.08. The quantitative estimate of drug-likeness (QED) is 0.527. The maximum absolute atomic E-state index is 12.0. The van der Waals surface area contributed by atoms with Gasteiger partial charge in [0.15, 0.2) is 0 Å². The molecule has 4 nitrogen and oxygen atoms in total. The molecule has 0 radical (unpaired) electrons. The molecule has 0 fully saturated rings. The summed E-state index contributed by atoms with van der Waals surface area (Å²) < 4.78 is 0. The number of rotatable bonds is 7. The zero-order chi connectivity index (χ0) is 16.7. The summed E-state index contributed by atoms with van der Waals surface area (Å²) in [5, 5.41) is 21.2. The molecule has 122 valence electrons. The molecule has 0 saturated heterocycles. The van der Waals surface area contributed by atoms with Crippen molar-refractivity contribution in [3.05, 3.63) is 48.5 Å². The summed E-state index contributed by atoms with van der Waals surface area (Å²) in [5.41, 5.74) is 0. The van der Waals surface area contributed by atoms with Crippen molar-refractivity contribution in [3.63, 3.8) is 0 Å². The smallest absolute Gasteiger partial charge is 0.233 e. The van der Waals surface area contributed by atoms with Crippen molar-refractivity contribution in [3.8, 4) is 11.5 Å². The van der Waals surface area contributed by atoms with Crippen LogP contribution in [0.2, 0.25) is 0 Å². The number of benzene rings is 2. The highest BCUT2D eigenvalue weighted by atomic mass is 32.2. The summed E-state index contributed by atoms with van der Waals surface area (Å²) in [6, 6.07) is 13.8. The van der Waals surface area contributed by atoms with E-state index < -0.39 is 0 Å². The van der Waals surface area contributed by atoms with E-state index in [1.165, 1.54) is 11.8 Å². The van der Waals surface area contributed by atoms with Crippen molar-refractivity contribution in [1.29, 1.82) is 0 Å². The molecular weight excluding hydrogens is 330 g/mol. The minimum Gasteiger partial charge on any atom is -0.508 e. The molecule has 2 aromatic carbocycles. The zero-order valence-electron chi connectivity index (χ0n) is 12.7. The highest BCUT2D eigenvalue weighted by molar-refractivity contribution is 8.00. The van der Waals surface area contributed by atoms with E-state index in [1.54, 1.807) is 48.2 Å². The Morgan fingerprint density at radius 1 is 1.00 bits per heavy atom. The summed E-state index contributed by atoms with van der Waals surface area (Å²) in [7, 11) is 0. The molecule has 6 heteroatoms. The molecular formula is C17H19NO3S2. The first-order valence-electron chi connectivity index (χ1n) is 7.20. The molecule has 1 amide bonds. The van der Waals surface area contributed by atoms with Crippen molar-refractivity contribution in [2.45, 2.75) is 22.0 Å². The van der Waals surface area contributed by atoms with Gasteiger partial charge in [-0.2, -0.15) is 0 Å². The van der Waals surface area contributed by atoms with Crippen LogP contribution >= 0.6 is 23.5 Å². The van der Waals surface area contributed by atoms with Gasteiger partial charge >= 0.3 is 0 Å². The predicted molar refractivity (Wildman–Crippen MR) is 95.3 cm³/mol. The molecule has 0 aliphatic carbocycles. The van der Waals surface area contributed by atoms with Crippen LogP contribution in [0, 0.1) is 0 Å². The number of carbonyl (C=O) groups excluding carboxylic acids is 1. The normalized spacial score (nSPS) is 11.9. The maximum atomic E-state index is 12.0. The van der Waals surface area contributed by atoms with Crippen LogP contribution in [0.25, 0.3) is 0 Å². The topological polar surface area (TPSA) is 69.6 Å². The number of amides is 1. The third-order valence-corrected chi connectivity index (χ3v) is 5.15. The summed E-state index contributed by atoms with van der Waals surface area (Å²) in [4.78, 5) is 14.1. The second-order valence-electron chi connectivity index (χ2n) is 4.89. The van der Waals surface area contributed by atoms with Crippen LogP contribution in [0.1, 0.15) is 6.92 Å². The van der Waals surface area contributed by atoms with Crippen LogP contribution in [0.5, 0.6) is 11.5 Å². The highest BCUT2D eigenvalue weighted by Gasteiger charge is 2.13. The van der Waals surface area contributed by atoms with Crippen LogP contribution in [-0.4, -0.2) is 33.7 Å². The molecule has 2 aromatic rings. The van der Waals surface area contributed by atoms with E-state index in [9.17, 15) is 15.0 Å². The number of phenols is 2. The molecule has 0 heterocycles. The van der Waals surface area contributed by atoms with Crippen LogP contribution in [0.3, 0.4) is 0 Å². The predicted octanol–water partition coefficient (Wildman–Crippen LogP) is 3.49. The molecule has 0 aliphatic rings. The number of phenolic OH excluding ortho intramolecular Hbond substituents is 2. The van der Waals surface area contributed by atoms with E-state index in [4.69, 9.17) is 0 Å². The fourth-order valence-electron chi connectivity index (χ4n) is 1.81. The molecule has 3 N–H and O–H groups in total. The molecule has 2 rings (SSSR count). The molecule has 1 atom stereocenters. The number of carbonyl (C=O) groups is 1. The Balaban J connectivity index is 1.69. The average Bonchev–Trinajstić information content (AvgIpc) is 2.55. The molecule has 0 aromatic heterocycles. The van der Waals surface area contributed by atoms with Gasteiger partial charge in [-0.25, -0.2) is 0 Å². The Bertz CT molecular complexity index is 629. The number of hydrogen-bond acceptors (Lipinski definition) is 5. The van der Waals surface area contributed by atoms with Crippen molar-refractivity contribution in [1.82, 2.24) is 5.32 Å². The van der Waals surface area contributed by atoms with Crippen molar-refractivity contribution >= 4 is 29.4 Å². The monoisotopic (exact) mass is 349 g/mol. The molecule has 0 aliphatic heterocycles. The van der Waals surface area contributed by atoms with Crippen LogP contribution in [-0.2, 0) is 4.79 Å². The van der Waals surface area contributed by atoms with Gasteiger partial charge in [-0.05, 0) is 55.5 Å². The lowest BCUT2D eigenvalue weighted by molar-refractivity contribution is -0.120. The maximum Gasteiger partial charge on any atom is 0.233 e. The molecule has 23 heavy (non-hydrogen) atoms. The lowest BCUT2D eigenvalue weighted by atomic mass is 10.3. The van der Waals surface area contributed by atoms with Gasteiger partial charge in [0.05, 0.1) is 5.25 Å². The van der Waals surface area contributed by atoms with E-state index in [2.05, 4.69) is 5.32 Å². The lowest BCUT2D eigenvalue weighted by Crippen LogP contribution is -2.32. The van der Waals surface area contributed by atoms with Crippen LogP contribution in [0.4, 0.5) is 0 Å². The third-order valence-electron chi connectivity index (χ3n) is 3.03. The van der Waals surface area contributed by atoms with Gasteiger partial charge in [0.2, 0.25) is 5.91 Å². The minimum atomic E-state index is -0.196. The number of thioether (sulfide) groups is 2. The number of nitrogens with one attached hydrogen (secondary N) is 1. The standard InChI is InChI=1S/C17H19NO3S2/c1-12(23-16-8-4-14(20)5-9-16)17(21)18-10-11-22-15-6-2-13(19)3-7-15/h2-9,12,19-20H,10-11H2,1H3,(H,18,21). The zero-order valence-corrected chi connectivity index (χ0v) is 14.4. The summed E-state index contributed by atoms with van der Waals surface area (Å²) in [5.74, 6) is 1.24. The van der Waals surface area contributed by atoms with E-state index in [0.29, 0.717) is 6.54 Å². The SMILES string of the molecule is CC(Sc1ccc(O)cc1)C(=O)NCCSc1ccc(O)cc1. The molecule has 1 unspecified atom stereocenters. The highest BCUT2D eigenvalue weighted by Crippen LogP contribution is 2.25. The Kier molecular flexibility index (Phi) is 6.67. The van der Waals surface area contributed by atoms with Gasteiger partial charge < -0.3 is 15.5 Å². The van der Waals surface area contributed by atoms with Gasteiger partial charge in [0.1, 0.15) is 11.5 Å². The van der Waals surface area contributed by atoms with E-state index in [0.717, 1.165) is 15.5 Å². The van der Waals surface area contributed by atoms with Crippen LogP contribution in [0.15, 0.2) is 58.3 Å². The Morgan fingerprint density at radius 2 is 1.52 bits per heavy atom. The van der Waals surface area contributed by atoms with Crippen molar-refractivity contribution in [2.24, 2.45) is 0 Å². The Morgan fingerprint density at radius 3 is 2.09 bits per heavy atom. The molecule has 0 saturated carbocycles. The Labute approximate surface area is 144 Å². The summed E-state index contributed by atoms with van der Waals surface area (Å²) in [6.45, 7) is 2.45. The minimum absolute atomic E-state index is 0.00520. The summed E-state index contributed by atoms with van der Waals surface area (Å²) >= 11 is 3.09. The largest absolute Gasteiger partial charge is 0.508 e. The lowest BCUT2D eigenvalue weighted by Gasteiger charge is -2.12. The van der Waals surface area contributed by atoms with Gasteiger partial charge in [0, 0.05) is 22.1 Å². The van der Waals surface area contributed by atoms with E-state index >= 15 is 0 Å². The van der Waals surface area contributed by atoms with E-state index in [-0.39, 0.29) is 22.7 Å². The number of aromatic hydroxyl groups is 2. The van der Waals surface area contributed by atoms with Crippen LogP contribution < -0.4 is 5.32 Å². The fourth-order valence-corrected chi connectivity index (χ4v) is 3.47. The molecule has 0 spiro atoms. The van der Waals surface area contributed by atoms with Gasteiger partial charge in [-0.1, -0.05) is 0 Å². The second kappa shape index (κ2) is 8.74.